The Balaban J connectivity index is 1.80. The maximum atomic E-state index is 12.2. The quantitative estimate of drug-likeness (QED) is 0.205. The SMILES string of the molecule is COc1cccc(OC)c1-c1cc2ccccc2c(-c2c(O)c(-c3c(OC)cccc3OC)cc3ccccc23)c1O. The van der Waals surface area contributed by atoms with Crippen LogP contribution >= 0.6 is 0 Å². The van der Waals surface area contributed by atoms with E-state index in [1.165, 1.54) is 0 Å². The number of phenols is 2. The van der Waals surface area contributed by atoms with Crippen molar-refractivity contribution in [2.75, 3.05) is 28.4 Å². The summed E-state index contributed by atoms with van der Waals surface area (Å²) in [7, 11) is 6.34. The van der Waals surface area contributed by atoms with Crippen LogP contribution in [0, 0.1) is 0 Å². The van der Waals surface area contributed by atoms with Gasteiger partial charge in [0.15, 0.2) is 0 Å². The topological polar surface area (TPSA) is 77.4 Å². The first-order chi connectivity index (χ1) is 20.5. The van der Waals surface area contributed by atoms with Crippen molar-refractivity contribution >= 4 is 21.5 Å². The summed E-state index contributed by atoms with van der Waals surface area (Å²) in [5.41, 5.74) is 3.22. The Morgan fingerprint density at radius 2 is 0.738 bits per heavy atom. The maximum absolute atomic E-state index is 12.2. The van der Waals surface area contributed by atoms with Gasteiger partial charge in [-0.3, -0.25) is 0 Å². The van der Waals surface area contributed by atoms with E-state index in [1.807, 2.05) is 97.1 Å². The second kappa shape index (κ2) is 10.9. The fourth-order valence-corrected chi connectivity index (χ4v) is 5.79. The Hall–Kier alpha value is -5.36. The lowest BCUT2D eigenvalue weighted by Crippen LogP contribution is -1.97. The van der Waals surface area contributed by atoms with Gasteiger partial charge in [0, 0.05) is 22.3 Å². The lowest BCUT2D eigenvalue weighted by Gasteiger charge is -2.22. The highest BCUT2D eigenvalue weighted by atomic mass is 16.5. The van der Waals surface area contributed by atoms with Gasteiger partial charge in [-0.2, -0.15) is 0 Å². The number of hydrogen-bond acceptors (Lipinski definition) is 6. The molecule has 0 radical (unpaired) electrons. The number of fused-ring (bicyclic) bond motifs is 2. The van der Waals surface area contributed by atoms with Gasteiger partial charge in [0.05, 0.1) is 39.6 Å². The molecule has 0 aromatic heterocycles. The highest BCUT2D eigenvalue weighted by molar-refractivity contribution is 6.14. The largest absolute Gasteiger partial charge is 0.507 e. The number of hydrogen-bond donors (Lipinski definition) is 2. The summed E-state index contributed by atoms with van der Waals surface area (Å²) in [5.74, 6) is 2.17. The first-order valence-electron chi connectivity index (χ1n) is 13.4. The van der Waals surface area contributed by atoms with Crippen LogP contribution in [0.1, 0.15) is 0 Å². The van der Waals surface area contributed by atoms with Gasteiger partial charge in [-0.25, -0.2) is 0 Å². The molecule has 0 bridgehead atoms. The van der Waals surface area contributed by atoms with E-state index in [-0.39, 0.29) is 11.5 Å². The monoisotopic (exact) mass is 558 g/mol. The second-order valence-electron chi connectivity index (χ2n) is 9.81. The minimum absolute atomic E-state index is 0.0129. The fourth-order valence-electron chi connectivity index (χ4n) is 5.79. The predicted molar refractivity (Wildman–Crippen MR) is 167 cm³/mol. The van der Waals surface area contributed by atoms with E-state index in [1.54, 1.807) is 28.4 Å². The molecule has 0 atom stereocenters. The van der Waals surface area contributed by atoms with Gasteiger partial charge in [0.1, 0.15) is 34.5 Å². The summed E-state index contributed by atoms with van der Waals surface area (Å²) >= 11 is 0. The van der Waals surface area contributed by atoms with E-state index < -0.39 is 0 Å². The van der Waals surface area contributed by atoms with Crippen molar-refractivity contribution in [3.8, 4) is 67.9 Å². The van der Waals surface area contributed by atoms with E-state index in [4.69, 9.17) is 18.9 Å². The van der Waals surface area contributed by atoms with Crippen LogP contribution in [-0.2, 0) is 0 Å². The van der Waals surface area contributed by atoms with Crippen LogP contribution in [0.2, 0.25) is 0 Å². The molecule has 210 valence electrons. The van der Waals surface area contributed by atoms with Crippen LogP contribution in [0.4, 0.5) is 0 Å². The van der Waals surface area contributed by atoms with Gasteiger partial charge in [-0.05, 0) is 57.9 Å². The summed E-state index contributed by atoms with van der Waals surface area (Å²) in [6, 6.07) is 30.4. The Morgan fingerprint density at radius 1 is 0.405 bits per heavy atom. The van der Waals surface area contributed by atoms with E-state index in [0.717, 1.165) is 21.5 Å². The average molecular weight is 559 g/mol. The van der Waals surface area contributed by atoms with E-state index in [0.29, 0.717) is 56.4 Å². The molecule has 0 amide bonds. The van der Waals surface area contributed by atoms with E-state index in [9.17, 15) is 10.2 Å². The van der Waals surface area contributed by atoms with Crippen LogP contribution in [0.25, 0.3) is 54.9 Å². The number of ether oxygens (including phenoxy) is 4. The van der Waals surface area contributed by atoms with Gasteiger partial charge >= 0.3 is 0 Å². The molecule has 0 aliphatic carbocycles. The van der Waals surface area contributed by atoms with Crippen LogP contribution < -0.4 is 18.9 Å². The molecule has 2 N–H and O–H groups in total. The van der Waals surface area contributed by atoms with Crippen molar-refractivity contribution < 1.29 is 29.2 Å². The number of phenolic OH excluding ortho intramolecular Hbond substituents is 2. The zero-order valence-corrected chi connectivity index (χ0v) is 23.8. The molecule has 6 nitrogen and oxygen atoms in total. The standard InChI is InChI=1S/C36H30O6/c1-39-27-15-9-16-28(40-2)31(27)25-19-21-11-5-7-13-23(21)33(35(25)37)34-24-14-8-6-12-22(24)20-26(36(34)38)32-29(41-3)17-10-18-30(32)42-4/h5-20,37-38H,1-4H3. The van der Waals surface area contributed by atoms with Crippen molar-refractivity contribution in [2.45, 2.75) is 0 Å². The Bertz CT molecular complexity index is 1770. The van der Waals surface area contributed by atoms with Crippen molar-refractivity contribution in [3.63, 3.8) is 0 Å². The second-order valence-corrected chi connectivity index (χ2v) is 9.81. The molecule has 0 saturated heterocycles. The summed E-state index contributed by atoms with van der Waals surface area (Å²) < 4.78 is 22.8. The molecule has 0 saturated carbocycles. The zero-order valence-electron chi connectivity index (χ0n) is 23.8. The molecule has 0 aliphatic rings. The lowest BCUT2D eigenvalue weighted by atomic mass is 9.86. The number of benzene rings is 6. The predicted octanol–water partition coefficient (Wildman–Crippen LogP) is 8.44. The van der Waals surface area contributed by atoms with Gasteiger partial charge < -0.3 is 29.2 Å². The summed E-state index contributed by atoms with van der Waals surface area (Å²) in [4.78, 5) is 0. The molecule has 42 heavy (non-hydrogen) atoms. The van der Waals surface area contributed by atoms with Crippen LogP contribution in [0.3, 0.4) is 0 Å². The van der Waals surface area contributed by atoms with Gasteiger partial charge in [0.2, 0.25) is 0 Å². The maximum Gasteiger partial charge on any atom is 0.132 e. The third-order valence-corrected chi connectivity index (χ3v) is 7.69. The Kier molecular flexibility index (Phi) is 6.97. The molecule has 0 fully saturated rings. The molecule has 0 heterocycles. The fraction of sp³-hybridized carbons (Fsp3) is 0.111. The minimum atomic E-state index is -0.0129. The molecule has 0 spiro atoms. The van der Waals surface area contributed by atoms with Gasteiger partial charge in [-0.15, -0.1) is 0 Å². The normalized spacial score (nSPS) is 11.0. The molecule has 6 aromatic rings. The molecule has 6 aromatic carbocycles. The van der Waals surface area contributed by atoms with Gasteiger partial charge in [0.25, 0.3) is 0 Å². The minimum Gasteiger partial charge on any atom is -0.507 e. The number of aromatic hydroxyl groups is 2. The molecular weight excluding hydrogens is 528 g/mol. The van der Waals surface area contributed by atoms with Crippen LogP contribution in [0.5, 0.6) is 34.5 Å². The highest BCUT2D eigenvalue weighted by Gasteiger charge is 2.27. The summed E-state index contributed by atoms with van der Waals surface area (Å²) in [6.45, 7) is 0. The Morgan fingerprint density at radius 3 is 1.07 bits per heavy atom. The average Bonchev–Trinajstić information content (AvgIpc) is 3.04. The van der Waals surface area contributed by atoms with Crippen LogP contribution in [-0.4, -0.2) is 38.7 Å². The van der Waals surface area contributed by atoms with Gasteiger partial charge in [-0.1, -0.05) is 60.7 Å². The molecule has 0 aliphatic heterocycles. The molecule has 6 rings (SSSR count). The Labute approximate surface area is 243 Å². The molecular formula is C36H30O6. The van der Waals surface area contributed by atoms with Crippen LogP contribution in [0.15, 0.2) is 97.1 Å². The molecule has 6 heteroatoms. The highest BCUT2D eigenvalue weighted by Crippen LogP contribution is 2.55. The van der Waals surface area contributed by atoms with E-state index >= 15 is 0 Å². The third kappa shape index (κ3) is 4.20. The summed E-state index contributed by atoms with van der Waals surface area (Å²) in [5, 5.41) is 27.7. The molecule has 0 unspecified atom stereocenters. The first kappa shape index (κ1) is 26.8. The van der Waals surface area contributed by atoms with E-state index in [2.05, 4.69) is 0 Å². The van der Waals surface area contributed by atoms with Crippen molar-refractivity contribution in [3.05, 3.63) is 97.1 Å². The number of rotatable bonds is 7. The lowest BCUT2D eigenvalue weighted by molar-refractivity contribution is 0.396. The number of methoxy groups -OCH3 is 4. The summed E-state index contributed by atoms with van der Waals surface area (Å²) in [6.07, 6.45) is 0. The van der Waals surface area contributed by atoms with Crippen molar-refractivity contribution in [2.24, 2.45) is 0 Å². The zero-order chi connectivity index (χ0) is 29.4. The third-order valence-electron chi connectivity index (χ3n) is 7.69. The smallest absolute Gasteiger partial charge is 0.132 e. The van der Waals surface area contributed by atoms with Crippen molar-refractivity contribution in [1.82, 2.24) is 0 Å². The first-order valence-corrected chi connectivity index (χ1v) is 13.4. The van der Waals surface area contributed by atoms with Crippen molar-refractivity contribution in [1.29, 1.82) is 0 Å².